The highest BCUT2D eigenvalue weighted by Crippen LogP contribution is 2.22. The van der Waals surface area contributed by atoms with Crippen molar-refractivity contribution in [3.05, 3.63) is 77.6 Å². The van der Waals surface area contributed by atoms with Crippen molar-refractivity contribution < 1.29 is 9.59 Å². The van der Waals surface area contributed by atoms with Gasteiger partial charge in [0.1, 0.15) is 0 Å². The van der Waals surface area contributed by atoms with E-state index in [4.69, 9.17) is 0 Å². The Morgan fingerprint density at radius 2 is 2.00 bits per heavy atom. The van der Waals surface area contributed by atoms with Crippen molar-refractivity contribution in [2.24, 2.45) is 4.99 Å². The minimum Gasteiger partial charge on any atom is -0.326 e. The fourth-order valence-electron chi connectivity index (χ4n) is 2.61. The summed E-state index contributed by atoms with van der Waals surface area (Å²) in [5.74, 6) is -0.457. The van der Waals surface area contributed by atoms with E-state index in [-0.39, 0.29) is 11.8 Å². The molecule has 0 bridgehead atoms. The second-order valence-corrected chi connectivity index (χ2v) is 6.85. The third kappa shape index (κ3) is 4.68. The summed E-state index contributed by atoms with van der Waals surface area (Å²) >= 11 is 1.40. The van der Waals surface area contributed by atoms with Gasteiger partial charge >= 0.3 is 0 Å². The fraction of sp³-hybridized carbons (Fsp3) is 0.0952. The molecule has 2 amide bonds. The second kappa shape index (κ2) is 8.42. The first-order valence-electron chi connectivity index (χ1n) is 8.40. The van der Waals surface area contributed by atoms with Crippen molar-refractivity contribution in [3.63, 3.8) is 0 Å². The van der Waals surface area contributed by atoms with Crippen LogP contribution >= 0.6 is 11.3 Å². The van der Waals surface area contributed by atoms with Gasteiger partial charge in [-0.25, -0.2) is 0 Å². The Morgan fingerprint density at radius 3 is 2.70 bits per heavy atom. The van der Waals surface area contributed by atoms with Crippen LogP contribution in [0, 0.1) is 0 Å². The topological polar surface area (TPSA) is 63.5 Å². The molecule has 5 nitrogen and oxygen atoms in total. The van der Waals surface area contributed by atoms with E-state index in [1.54, 1.807) is 12.2 Å². The Labute approximate surface area is 161 Å². The predicted molar refractivity (Wildman–Crippen MR) is 110 cm³/mol. The van der Waals surface area contributed by atoms with E-state index in [9.17, 15) is 9.59 Å². The molecule has 136 valence electrons. The molecule has 0 aliphatic heterocycles. The van der Waals surface area contributed by atoms with E-state index in [1.165, 1.54) is 24.3 Å². The molecule has 3 rings (SSSR count). The Bertz CT molecular complexity index is 1090. The molecule has 0 radical (unpaired) electrons. The standard InChI is InChI=1S/C21H19N3O2S/c1-3-13-24-18-11-10-17(22-15(2)25)14-19(18)27-21(24)23-20(26)12-9-16-7-5-4-6-8-16/h3-12,14H,1,13H2,2H3,(H,22,25)/b12-9+,23-21?. The Kier molecular flexibility index (Phi) is 5.78. The molecule has 0 spiro atoms. The highest BCUT2D eigenvalue weighted by Gasteiger charge is 2.08. The lowest BCUT2D eigenvalue weighted by molar-refractivity contribution is -0.114. The molecule has 1 heterocycles. The maximum Gasteiger partial charge on any atom is 0.272 e. The molecule has 0 atom stereocenters. The van der Waals surface area contributed by atoms with E-state index >= 15 is 0 Å². The van der Waals surface area contributed by atoms with Crippen LogP contribution in [0.25, 0.3) is 16.3 Å². The summed E-state index contributed by atoms with van der Waals surface area (Å²) < 4.78 is 2.86. The van der Waals surface area contributed by atoms with Gasteiger partial charge in [-0.3, -0.25) is 9.59 Å². The predicted octanol–water partition coefficient (Wildman–Crippen LogP) is 3.99. The Balaban J connectivity index is 1.98. The summed E-state index contributed by atoms with van der Waals surface area (Å²) in [5.41, 5.74) is 2.59. The van der Waals surface area contributed by atoms with Crippen LogP contribution in [-0.4, -0.2) is 16.4 Å². The highest BCUT2D eigenvalue weighted by molar-refractivity contribution is 7.16. The van der Waals surface area contributed by atoms with Crippen LogP contribution in [0.15, 0.2) is 72.3 Å². The summed E-state index contributed by atoms with van der Waals surface area (Å²) in [6.45, 7) is 5.78. The van der Waals surface area contributed by atoms with Crippen molar-refractivity contribution in [3.8, 4) is 0 Å². The van der Waals surface area contributed by atoms with E-state index in [0.717, 1.165) is 15.8 Å². The first kappa shape index (κ1) is 18.5. The zero-order valence-electron chi connectivity index (χ0n) is 14.9. The van der Waals surface area contributed by atoms with Gasteiger partial charge in [0, 0.05) is 25.2 Å². The first-order chi connectivity index (χ1) is 13.1. The van der Waals surface area contributed by atoms with Crippen LogP contribution in [-0.2, 0) is 16.1 Å². The minimum atomic E-state index is -0.328. The summed E-state index contributed by atoms with van der Waals surface area (Å²) in [5, 5.41) is 2.77. The van der Waals surface area contributed by atoms with Crippen LogP contribution in [0.1, 0.15) is 12.5 Å². The molecule has 0 aliphatic rings. The van der Waals surface area contributed by atoms with Crippen LogP contribution in [0.3, 0.4) is 0 Å². The minimum absolute atomic E-state index is 0.129. The van der Waals surface area contributed by atoms with Crippen LogP contribution < -0.4 is 10.1 Å². The van der Waals surface area contributed by atoms with E-state index in [0.29, 0.717) is 17.0 Å². The maximum absolute atomic E-state index is 12.3. The first-order valence-corrected chi connectivity index (χ1v) is 9.22. The lowest BCUT2D eigenvalue weighted by Crippen LogP contribution is -2.15. The van der Waals surface area contributed by atoms with Gasteiger partial charge in [-0.1, -0.05) is 47.7 Å². The number of hydrogen-bond acceptors (Lipinski definition) is 3. The number of anilines is 1. The number of thiazole rings is 1. The summed E-state index contributed by atoms with van der Waals surface area (Å²) in [4.78, 5) is 28.4. The average Bonchev–Trinajstić information content (AvgIpc) is 2.97. The van der Waals surface area contributed by atoms with Crippen molar-refractivity contribution in [2.75, 3.05) is 5.32 Å². The summed E-state index contributed by atoms with van der Waals surface area (Å²) in [6, 6.07) is 15.2. The van der Waals surface area contributed by atoms with Crippen molar-refractivity contribution >= 4 is 45.1 Å². The normalized spacial score (nSPS) is 11.8. The largest absolute Gasteiger partial charge is 0.326 e. The van der Waals surface area contributed by atoms with E-state index in [2.05, 4.69) is 16.9 Å². The zero-order valence-corrected chi connectivity index (χ0v) is 15.7. The Hall–Kier alpha value is -3.25. The maximum atomic E-state index is 12.3. The average molecular weight is 377 g/mol. The van der Waals surface area contributed by atoms with Gasteiger partial charge in [0.15, 0.2) is 4.80 Å². The van der Waals surface area contributed by atoms with Gasteiger partial charge in [0.05, 0.1) is 10.2 Å². The molecule has 0 saturated heterocycles. The van der Waals surface area contributed by atoms with Crippen LogP contribution in [0.5, 0.6) is 0 Å². The third-order valence-corrected chi connectivity index (χ3v) is 4.78. The van der Waals surface area contributed by atoms with Gasteiger partial charge in [-0.15, -0.1) is 6.58 Å². The number of nitrogens with one attached hydrogen (secondary N) is 1. The quantitative estimate of drug-likeness (QED) is 0.540. The molecular weight excluding hydrogens is 358 g/mol. The number of benzene rings is 2. The number of nitrogens with zero attached hydrogens (tertiary/aromatic N) is 2. The number of amides is 2. The van der Waals surface area contributed by atoms with Crippen molar-refractivity contribution in [1.82, 2.24) is 4.57 Å². The van der Waals surface area contributed by atoms with Gasteiger partial charge < -0.3 is 9.88 Å². The molecule has 0 aliphatic carbocycles. The second-order valence-electron chi connectivity index (χ2n) is 5.84. The van der Waals surface area contributed by atoms with Crippen molar-refractivity contribution in [1.29, 1.82) is 0 Å². The number of carbonyl (C=O) groups excluding carboxylic acids is 2. The van der Waals surface area contributed by atoms with Crippen LogP contribution in [0.2, 0.25) is 0 Å². The lowest BCUT2D eigenvalue weighted by Gasteiger charge is -2.03. The van der Waals surface area contributed by atoms with Gasteiger partial charge in [-0.2, -0.15) is 4.99 Å². The van der Waals surface area contributed by atoms with Crippen LogP contribution in [0.4, 0.5) is 5.69 Å². The zero-order chi connectivity index (χ0) is 19.2. The van der Waals surface area contributed by atoms with Gasteiger partial charge in [0.2, 0.25) is 5.91 Å². The molecule has 0 unspecified atom stereocenters. The van der Waals surface area contributed by atoms with Gasteiger partial charge in [0.25, 0.3) is 5.91 Å². The van der Waals surface area contributed by atoms with Gasteiger partial charge in [-0.05, 0) is 29.8 Å². The number of allylic oxidation sites excluding steroid dienone is 1. The number of hydrogen-bond donors (Lipinski definition) is 1. The summed E-state index contributed by atoms with van der Waals surface area (Å²) in [7, 11) is 0. The third-order valence-electron chi connectivity index (χ3n) is 3.74. The smallest absolute Gasteiger partial charge is 0.272 e. The molecule has 1 N–H and O–H groups in total. The monoisotopic (exact) mass is 377 g/mol. The molecule has 1 aromatic heterocycles. The molecule has 0 saturated carbocycles. The molecule has 3 aromatic rings. The van der Waals surface area contributed by atoms with E-state index in [1.807, 2.05) is 53.1 Å². The molecule has 27 heavy (non-hydrogen) atoms. The molecule has 0 fully saturated rings. The molecule has 6 heteroatoms. The molecule has 2 aromatic carbocycles. The Morgan fingerprint density at radius 1 is 1.22 bits per heavy atom. The number of carbonyl (C=O) groups is 2. The van der Waals surface area contributed by atoms with E-state index < -0.39 is 0 Å². The number of rotatable bonds is 5. The highest BCUT2D eigenvalue weighted by atomic mass is 32.1. The number of fused-ring (bicyclic) bond motifs is 1. The van der Waals surface area contributed by atoms with Crippen molar-refractivity contribution in [2.45, 2.75) is 13.5 Å². The SMILES string of the molecule is C=CCn1c(=NC(=O)/C=C/c2ccccc2)sc2cc(NC(C)=O)ccc21. The lowest BCUT2D eigenvalue weighted by atomic mass is 10.2. The summed E-state index contributed by atoms with van der Waals surface area (Å²) in [6.07, 6.45) is 4.96. The molecular formula is C21H19N3O2S. The fourth-order valence-corrected chi connectivity index (χ4v) is 3.69. The number of aromatic nitrogens is 1.